The maximum Gasteiger partial charge on any atom is 0.245 e. The van der Waals surface area contributed by atoms with Crippen LogP contribution in [0.5, 0.6) is 0 Å². The number of hydrogen-bond donors (Lipinski definition) is 1. The van der Waals surface area contributed by atoms with Gasteiger partial charge in [-0.3, -0.25) is 4.79 Å². The Morgan fingerprint density at radius 1 is 1.25 bits per heavy atom. The zero-order valence-corrected chi connectivity index (χ0v) is 9.91. The maximum absolute atomic E-state index is 11.8. The van der Waals surface area contributed by atoms with E-state index in [0.29, 0.717) is 0 Å². The molecule has 0 bridgehead atoms. The normalized spacial score (nSPS) is 12.5. The fraction of sp³-hybridized carbons (Fsp3) is 0.182. The van der Waals surface area contributed by atoms with Crippen LogP contribution in [0, 0.1) is 6.92 Å². The Labute approximate surface area is 94.7 Å². The lowest BCUT2D eigenvalue weighted by Crippen LogP contribution is -2.13. The predicted octanol–water partition coefficient (Wildman–Crippen LogP) is 1.16. The molecular weight excluding hydrogens is 226 g/mol. The molecule has 1 rings (SSSR count). The van der Waals surface area contributed by atoms with Crippen molar-refractivity contribution in [1.29, 1.82) is 0 Å². The van der Waals surface area contributed by atoms with Crippen molar-refractivity contribution < 1.29 is 13.2 Å². The maximum atomic E-state index is 11.8. The van der Waals surface area contributed by atoms with Crippen molar-refractivity contribution in [2.24, 2.45) is 5.73 Å². The summed E-state index contributed by atoms with van der Waals surface area (Å²) in [4.78, 5) is 10.9. The van der Waals surface area contributed by atoms with Crippen LogP contribution in [0.25, 0.3) is 0 Å². The quantitative estimate of drug-likeness (QED) is 0.804. The van der Waals surface area contributed by atoms with E-state index in [0.717, 1.165) is 11.0 Å². The summed E-state index contributed by atoms with van der Waals surface area (Å²) in [5.74, 6) is -0.740. The Kier molecular flexibility index (Phi) is 3.49. The molecule has 2 N–H and O–H groups in total. The van der Waals surface area contributed by atoms with Crippen LogP contribution in [-0.4, -0.2) is 14.3 Å². The summed E-state index contributed by atoms with van der Waals surface area (Å²) in [6, 6.07) is 6.38. The largest absolute Gasteiger partial charge is 0.366 e. The third kappa shape index (κ3) is 2.93. The van der Waals surface area contributed by atoms with E-state index in [9.17, 15) is 13.2 Å². The number of carbonyl (C=O) groups is 1. The number of sulfone groups is 1. The van der Waals surface area contributed by atoms with Gasteiger partial charge in [0.1, 0.15) is 0 Å². The molecular formula is C11H13NO3S. The fourth-order valence-electron chi connectivity index (χ4n) is 1.09. The first-order chi connectivity index (χ1) is 7.33. The Hall–Kier alpha value is -1.62. The molecule has 86 valence electrons. The van der Waals surface area contributed by atoms with Gasteiger partial charge in [0.15, 0.2) is 9.84 Å². The van der Waals surface area contributed by atoms with Crippen molar-refractivity contribution in [3.8, 4) is 0 Å². The molecule has 1 amide bonds. The number of aryl methyl sites for hydroxylation is 1. The van der Waals surface area contributed by atoms with E-state index in [1.807, 2.05) is 6.92 Å². The van der Waals surface area contributed by atoms with Crippen molar-refractivity contribution in [2.45, 2.75) is 18.7 Å². The highest BCUT2D eigenvalue weighted by Gasteiger charge is 2.12. The lowest BCUT2D eigenvalue weighted by molar-refractivity contribution is -0.114. The van der Waals surface area contributed by atoms with Crippen LogP contribution >= 0.6 is 0 Å². The van der Waals surface area contributed by atoms with Gasteiger partial charge in [0.2, 0.25) is 5.91 Å². The Balaban J connectivity index is 3.18. The van der Waals surface area contributed by atoms with Gasteiger partial charge in [-0.2, -0.15) is 0 Å². The zero-order chi connectivity index (χ0) is 12.3. The van der Waals surface area contributed by atoms with Gasteiger partial charge in [-0.1, -0.05) is 17.7 Å². The Morgan fingerprint density at radius 2 is 1.75 bits per heavy atom. The topological polar surface area (TPSA) is 77.2 Å². The summed E-state index contributed by atoms with van der Waals surface area (Å²) in [6.07, 6.45) is 0. The molecule has 0 heterocycles. The highest BCUT2D eigenvalue weighted by molar-refractivity contribution is 7.94. The van der Waals surface area contributed by atoms with Gasteiger partial charge < -0.3 is 5.73 Å². The van der Waals surface area contributed by atoms with E-state index >= 15 is 0 Å². The summed E-state index contributed by atoms with van der Waals surface area (Å²) in [5, 5.41) is 0.889. The summed E-state index contributed by atoms with van der Waals surface area (Å²) in [7, 11) is -3.58. The van der Waals surface area contributed by atoms with Gasteiger partial charge in [0.05, 0.1) is 4.90 Å². The molecule has 5 heteroatoms. The second kappa shape index (κ2) is 4.49. The van der Waals surface area contributed by atoms with E-state index in [1.54, 1.807) is 12.1 Å². The minimum Gasteiger partial charge on any atom is -0.366 e. The molecule has 0 saturated carbocycles. The average Bonchev–Trinajstić information content (AvgIpc) is 2.17. The lowest BCUT2D eigenvalue weighted by Gasteiger charge is -2.01. The van der Waals surface area contributed by atoms with Crippen molar-refractivity contribution >= 4 is 15.7 Å². The predicted molar refractivity (Wildman–Crippen MR) is 61.3 cm³/mol. The third-order valence-corrected chi connectivity index (χ3v) is 3.66. The van der Waals surface area contributed by atoms with Gasteiger partial charge in [-0.15, -0.1) is 0 Å². The summed E-state index contributed by atoms with van der Waals surface area (Å²) < 4.78 is 23.5. The van der Waals surface area contributed by atoms with Crippen molar-refractivity contribution in [1.82, 2.24) is 0 Å². The van der Waals surface area contributed by atoms with Crippen LogP contribution < -0.4 is 5.73 Å². The second-order valence-corrected chi connectivity index (χ2v) is 5.32. The average molecular weight is 239 g/mol. The number of amides is 1. The van der Waals surface area contributed by atoms with Gasteiger partial charge in [0, 0.05) is 11.0 Å². The van der Waals surface area contributed by atoms with E-state index in [1.165, 1.54) is 19.1 Å². The molecule has 4 nitrogen and oxygen atoms in total. The second-order valence-electron chi connectivity index (χ2n) is 3.52. The standard InChI is InChI=1S/C11H13NO3S/c1-8-3-5-10(6-4-8)16(14,15)7-9(2)11(12)13/h3-7H,1-2H3,(H2,12,13). The molecule has 16 heavy (non-hydrogen) atoms. The minimum atomic E-state index is -3.58. The number of nitrogens with two attached hydrogens (primary N) is 1. The number of benzene rings is 1. The van der Waals surface area contributed by atoms with Gasteiger partial charge in [-0.05, 0) is 26.0 Å². The van der Waals surface area contributed by atoms with E-state index < -0.39 is 15.7 Å². The molecule has 0 aliphatic heterocycles. The first-order valence-electron chi connectivity index (χ1n) is 4.63. The highest BCUT2D eigenvalue weighted by Crippen LogP contribution is 2.14. The number of rotatable bonds is 3. The smallest absolute Gasteiger partial charge is 0.245 e. The van der Waals surface area contributed by atoms with Crippen molar-refractivity contribution in [3.05, 3.63) is 40.8 Å². The summed E-state index contributed by atoms with van der Waals surface area (Å²) in [6.45, 7) is 3.23. The number of carbonyl (C=O) groups excluding carboxylic acids is 1. The van der Waals surface area contributed by atoms with Gasteiger partial charge in [-0.25, -0.2) is 8.42 Å². The highest BCUT2D eigenvalue weighted by atomic mass is 32.2. The van der Waals surface area contributed by atoms with Crippen LogP contribution in [0.4, 0.5) is 0 Å². The van der Waals surface area contributed by atoms with Crippen LogP contribution in [0.2, 0.25) is 0 Å². The molecule has 0 aromatic heterocycles. The monoisotopic (exact) mass is 239 g/mol. The number of primary amides is 1. The van der Waals surface area contributed by atoms with Gasteiger partial charge >= 0.3 is 0 Å². The van der Waals surface area contributed by atoms with Crippen molar-refractivity contribution in [2.75, 3.05) is 0 Å². The summed E-state index contributed by atoms with van der Waals surface area (Å²) in [5.41, 5.74) is 5.96. The van der Waals surface area contributed by atoms with Crippen LogP contribution in [0.3, 0.4) is 0 Å². The first-order valence-corrected chi connectivity index (χ1v) is 6.17. The molecule has 0 aliphatic rings. The Bertz CT molecular complexity index is 527. The zero-order valence-electron chi connectivity index (χ0n) is 9.10. The molecule has 0 atom stereocenters. The van der Waals surface area contributed by atoms with Gasteiger partial charge in [0.25, 0.3) is 0 Å². The number of hydrogen-bond acceptors (Lipinski definition) is 3. The van der Waals surface area contributed by atoms with Crippen molar-refractivity contribution in [3.63, 3.8) is 0 Å². The first kappa shape index (κ1) is 12.4. The van der Waals surface area contributed by atoms with E-state index in [2.05, 4.69) is 0 Å². The van der Waals surface area contributed by atoms with Crippen LogP contribution in [0.15, 0.2) is 40.1 Å². The van der Waals surface area contributed by atoms with E-state index in [4.69, 9.17) is 5.73 Å². The summed E-state index contributed by atoms with van der Waals surface area (Å²) >= 11 is 0. The molecule has 0 unspecified atom stereocenters. The molecule has 1 aromatic rings. The molecule has 0 spiro atoms. The molecule has 0 saturated heterocycles. The Morgan fingerprint density at radius 3 is 2.19 bits per heavy atom. The SMILES string of the molecule is CC(=CS(=O)(=O)c1ccc(C)cc1)C(N)=O. The van der Waals surface area contributed by atoms with Crippen LogP contribution in [0.1, 0.15) is 12.5 Å². The third-order valence-electron chi connectivity index (χ3n) is 2.07. The molecule has 0 fully saturated rings. The fourth-order valence-corrected chi connectivity index (χ4v) is 2.32. The molecule has 1 aromatic carbocycles. The minimum absolute atomic E-state index is 0.0144. The van der Waals surface area contributed by atoms with Crippen LogP contribution in [-0.2, 0) is 14.6 Å². The van der Waals surface area contributed by atoms with E-state index in [-0.39, 0.29) is 10.5 Å². The molecule has 0 aliphatic carbocycles. The molecule has 0 radical (unpaired) electrons. The lowest BCUT2D eigenvalue weighted by atomic mass is 10.2.